The van der Waals surface area contributed by atoms with E-state index in [4.69, 9.17) is 16.3 Å². The first kappa shape index (κ1) is 11.0. The average Bonchev–Trinajstić information content (AvgIpc) is 1.94. The average molecular weight is 312 g/mol. The summed E-state index contributed by atoms with van der Waals surface area (Å²) in [6.45, 7) is 5.99. The first-order chi connectivity index (χ1) is 5.88. The van der Waals surface area contributed by atoms with Gasteiger partial charge in [-0.2, -0.15) is 0 Å². The molecule has 13 heavy (non-hydrogen) atoms. The Hall–Kier alpha value is -0.0300. The molecule has 0 fully saturated rings. The van der Waals surface area contributed by atoms with Gasteiger partial charge in [-0.1, -0.05) is 11.6 Å². The zero-order chi connectivity index (χ0) is 10.1. The molecular formula is C9H11ClINO. The van der Waals surface area contributed by atoms with Crippen LogP contribution in [0.5, 0.6) is 5.75 Å². The molecule has 1 heterocycles. The highest BCUT2D eigenvalue weighted by molar-refractivity contribution is 14.1. The number of aromatic nitrogens is 1. The normalized spacial score (nSPS) is 11.5. The summed E-state index contributed by atoms with van der Waals surface area (Å²) >= 11 is 7.92. The van der Waals surface area contributed by atoms with Crippen LogP contribution in [0.3, 0.4) is 0 Å². The van der Waals surface area contributed by atoms with Gasteiger partial charge in [0.25, 0.3) is 0 Å². The standard InChI is InChI=1S/C9H11ClINO/c1-9(2,3)13-7-4-8(10)12-5-6(7)11/h4-5H,1-3H3. The summed E-state index contributed by atoms with van der Waals surface area (Å²) in [5, 5.41) is 0.458. The highest BCUT2D eigenvalue weighted by Crippen LogP contribution is 2.26. The van der Waals surface area contributed by atoms with Crippen LogP contribution in [-0.4, -0.2) is 10.6 Å². The van der Waals surface area contributed by atoms with Gasteiger partial charge >= 0.3 is 0 Å². The second-order valence-corrected chi connectivity index (χ2v) is 5.20. The van der Waals surface area contributed by atoms with Crippen LogP contribution in [0.2, 0.25) is 5.15 Å². The highest BCUT2D eigenvalue weighted by atomic mass is 127. The molecule has 0 aliphatic rings. The quantitative estimate of drug-likeness (QED) is 0.585. The van der Waals surface area contributed by atoms with Gasteiger partial charge < -0.3 is 4.74 Å². The van der Waals surface area contributed by atoms with E-state index in [1.165, 1.54) is 0 Å². The van der Waals surface area contributed by atoms with E-state index in [0.29, 0.717) is 5.15 Å². The Kier molecular flexibility index (Phi) is 3.40. The van der Waals surface area contributed by atoms with Gasteiger partial charge in [0.15, 0.2) is 0 Å². The first-order valence-electron chi connectivity index (χ1n) is 3.88. The predicted octanol–water partition coefficient (Wildman–Crippen LogP) is 3.52. The smallest absolute Gasteiger partial charge is 0.138 e. The van der Waals surface area contributed by atoms with E-state index in [1.54, 1.807) is 12.3 Å². The van der Waals surface area contributed by atoms with Gasteiger partial charge in [0.2, 0.25) is 0 Å². The zero-order valence-corrected chi connectivity index (χ0v) is 10.7. The molecule has 0 aliphatic carbocycles. The molecule has 0 radical (unpaired) electrons. The molecule has 0 bridgehead atoms. The number of halogens is 2. The van der Waals surface area contributed by atoms with Crippen molar-refractivity contribution in [3.05, 3.63) is 21.0 Å². The fourth-order valence-corrected chi connectivity index (χ4v) is 1.36. The molecule has 4 heteroatoms. The molecule has 0 aromatic carbocycles. The summed E-state index contributed by atoms with van der Waals surface area (Å²) in [4.78, 5) is 3.95. The highest BCUT2D eigenvalue weighted by Gasteiger charge is 2.14. The van der Waals surface area contributed by atoms with Crippen LogP contribution in [0.1, 0.15) is 20.8 Å². The summed E-state index contributed by atoms with van der Waals surface area (Å²) < 4.78 is 6.65. The van der Waals surface area contributed by atoms with Gasteiger partial charge in [-0.15, -0.1) is 0 Å². The lowest BCUT2D eigenvalue weighted by molar-refractivity contribution is 0.129. The van der Waals surface area contributed by atoms with Gasteiger partial charge in [0, 0.05) is 12.3 Å². The summed E-state index contributed by atoms with van der Waals surface area (Å²) in [6, 6.07) is 1.73. The van der Waals surface area contributed by atoms with Crippen molar-refractivity contribution in [1.82, 2.24) is 4.98 Å². The molecule has 0 saturated heterocycles. The molecular weight excluding hydrogens is 300 g/mol. The molecule has 1 aromatic heterocycles. The Morgan fingerprint density at radius 1 is 1.46 bits per heavy atom. The van der Waals surface area contributed by atoms with E-state index in [9.17, 15) is 0 Å². The molecule has 0 aliphatic heterocycles. The Morgan fingerprint density at radius 2 is 2.08 bits per heavy atom. The SMILES string of the molecule is CC(C)(C)Oc1cc(Cl)ncc1I. The third-order valence-electron chi connectivity index (χ3n) is 1.20. The lowest BCUT2D eigenvalue weighted by Crippen LogP contribution is -2.23. The maximum Gasteiger partial charge on any atom is 0.138 e. The summed E-state index contributed by atoms with van der Waals surface area (Å²) in [6.07, 6.45) is 1.70. The monoisotopic (exact) mass is 311 g/mol. The van der Waals surface area contributed by atoms with Crippen LogP contribution in [0.15, 0.2) is 12.3 Å². The van der Waals surface area contributed by atoms with Crippen molar-refractivity contribution in [3.8, 4) is 5.75 Å². The Balaban J connectivity index is 2.94. The van der Waals surface area contributed by atoms with Gasteiger partial charge in [-0.3, -0.25) is 0 Å². The summed E-state index contributed by atoms with van der Waals surface area (Å²) in [5.41, 5.74) is -0.204. The maximum absolute atomic E-state index is 5.75. The number of pyridine rings is 1. The minimum atomic E-state index is -0.204. The van der Waals surface area contributed by atoms with E-state index >= 15 is 0 Å². The minimum absolute atomic E-state index is 0.204. The lowest BCUT2D eigenvalue weighted by atomic mass is 10.2. The largest absolute Gasteiger partial charge is 0.487 e. The molecule has 0 saturated carbocycles. The van der Waals surface area contributed by atoms with Crippen LogP contribution >= 0.6 is 34.2 Å². The minimum Gasteiger partial charge on any atom is -0.487 e. The van der Waals surface area contributed by atoms with E-state index in [1.807, 2.05) is 20.8 Å². The summed E-state index contributed by atoms with van der Waals surface area (Å²) in [5.74, 6) is 0.785. The van der Waals surface area contributed by atoms with Gasteiger partial charge in [0.05, 0.1) is 3.57 Å². The van der Waals surface area contributed by atoms with Crippen LogP contribution in [0, 0.1) is 3.57 Å². The fourth-order valence-electron chi connectivity index (χ4n) is 0.804. The second kappa shape index (κ2) is 4.00. The predicted molar refractivity (Wildman–Crippen MR) is 62.3 cm³/mol. The maximum atomic E-state index is 5.75. The van der Waals surface area contributed by atoms with Gasteiger partial charge in [-0.25, -0.2) is 4.98 Å². The van der Waals surface area contributed by atoms with Gasteiger partial charge in [0.1, 0.15) is 16.5 Å². The molecule has 1 rings (SSSR count). The molecule has 0 N–H and O–H groups in total. The number of rotatable bonds is 1. The van der Waals surface area contributed by atoms with Crippen molar-refractivity contribution >= 4 is 34.2 Å². The summed E-state index contributed by atoms with van der Waals surface area (Å²) in [7, 11) is 0. The van der Waals surface area contributed by atoms with Crippen LogP contribution in [0.4, 0.5) is 0 Å². The molecule has 0 atom stereocenters. The van der Waals surface area contributed by atoms with Crippen LogP contribution < -0.4 is 4.74 Å². The fraction of sp³-hybridized carbons (Fsp3) is 0.444. The van der Waals surface area contributed by atoms with Crippen LogP contribution in [0.25, 0.3) is 0 Å². The van der Waals surface area contributed by atoms with E-state index in [-0.39, 0.29) is 5.60 Å². The molecule has 0 amide bonds. The van der Waals surface area contributed by atoms with Crippen LogP contribution in [-0.2, 0) is 0 Å². The van der Waals surface area contributed by atoms with E-state index < -0.39 is 0 Å². The third kappa shape index (κ3) is 3.68. The molecule has 1 aromatic rings. The molecule has 72 valence electrons. The van der Waals surface area contributed by atoms with Crippen molar-refractivity contribution < 1.29 is 4.74 Å². The van der Waals surface area contributed by atoms with Crippen molar-refractivity contribution in [3.63, 3.8) is 0 Å². The Bertz CT molecular complexity index is 309. The number of hydrogen-bond donors (Lipinski definition) is 0. The Labute approximate surface area is 96.8 Å². The molecule has 0 unspecified atom stereocenters. The lowest BCUT2D eigenvalue weighted by Gasteiger charge is -2.21. The third-order valence-corrected chi connectivity index (χ3v) is 2.22. The van der Waals surface area contributed by atoms with E-state index in [2.05, 4.69) is 27.6 Å². The Morgan fingerprint density at radius 3 is 2.62 bits per heavy atom. The zero-order valence-electron chi connectivity index (χ0n) is 7.77. The second-order valence-electron chi connectivity index (χ2n) is 3.65. The van der Waals surface area contributed by atoms with E-state index in [0.717, 1.165) is 9.32 Å². The number of nitrogens with zero attached hydrogens (tertiary/aromatic N) is 1. The van der Waals surface area contributed by atoms with Crippen molar-refractivity contribution in [2.45, 2.75) is 26.4 Å². The number of hydrogen-bond acceptors (Lipinski definition) is 2. The topological polar surface area (TPSA) is 22.1 Å². The van der Waals surface area contributed by atoms with Crippen molar-refractivity contribution in [2.24, 2.45) is 0 Å². The first-order valence-corrected chi connectivity index (χ1v) is 5.34. The number of ether oxygens (including phenoxy) is 1. The van der Waals surface area contributed by atoms with Crippen molar-refractivity contribution in [2.75, 3.05) is 0 Å². The van der Waals surface area contributed by atoms with Crippen molar-refractivity contribution in [1.29, 1.82) is 0 Å². The molecule has 0 spiro atoms. The van der Waals surface area contributed by atoms with Gasteiger partial charge in [-0.05, 0) is 43.4 Å². The molecule has 2 nitrogen and oxygen atoms in total.